The molecule has 29 heteroatoms. The summed E-state index contributed by atoms with van der Waals surface area (Å²) in [6, 6.07) is 7.83. The summed E-state index contributed by atoms with van der Waals surface area (Å²) in [4.78, 5) is 101. The van der Waals surface area contributed by atoms with Crippen LogP contribution in [0.3, 0.4) is 0 Å². The lowest BCUT2D eigenvalue weighted by Gasteiger charge is -2.30. The van der Waals surface area contributed by atoms with Gasteiger partial charge < -0.3 is 56.0 Å². The number of carbonyl (C=O) groups excluding carboxylic acids is 3. The highest BCUT2D eigenvalue weighted by Gasteiger charge is 2.50. The minimum absolute atomic E-state index is 0.0219. The van der Waals surface area contributed by atoms with Crippen LogP contribution in [0.5, 0.6) is 0 Å². The van der Waals surface area contributed by atoms with E-state index in [2.05, 4.69) is 34.4 Å². The Morgan fingerprint density at radius 1 is 0.853 bits per heavy atom. The number of ketones is 1. The number of carboxylic acids is 1. The van der Waals surface area contributed by atoms with E-state index in [0.717, 1.165) is 28.3 Å². The number of phosphoric ester groups is 3. The molecule has 26 nitrogen and oxygen atoms in total. The fourth-order valence-corrected chi connectivity index (χ4v) is 9.46. The van der Waals surface area contributed by atoms with Crippen LogP contribution >= 0.6 is 23.5 Å². The van der Waals surface area contributed by atoms with Crippen LogP contribution in [0.2, 0.25) is 0 Å². The number of benzene rings is 1. The van der Waals surface area contributed by atoms with E-state index in [9.17, 15) is 67.8 Å². The number of anilines is 1. The Morgan fingerprint density at radius 3 is 2.01 bits per heavy atom. The third kappa shape index (κ3) is 16.2. The molecule has 1 aromatic carbocycles. The van der Waals surface area contributed by atoms with Crippen molar-refractivity contribution in [3.8, 4) is 0 Å². The molecule has 1 aliphatic heterocycles. The van der Waals surface area contributed by atoms with Crippen LogP contribution in [0.1, 0.15) is 84.6 Å². The first-order chi connectivity index (χ1) is 31.3. The van der Waals surface area contributed by atoms with E-state index in [1.807, 2.05) is 38.1 Å². The number of rotatable bonds is 27. The molecule has 4 rings (SSSR count). The minimum Gasteiger partial charge on any atom is -0.481 e. The van der Waals surface area contributed by atoms with Gasteiger partial charge in [0.15, 0.2) is 17.7 Å². The van der Waals surface area contributed by atoms with Crippen molar-refractivity contribution in [2.24, 2.45) is 16.2 Å². The molecule has 68 heavy (non-hydrogen) atoms. The van der Waals surface area contributed by atoms with Crippen LogP contribution in [-0.4, -0.2) is 129 Å². The van der Waals surface area contributed by atoms with E-state index < -0.39 is 101 Å². The van der Waals surface area contributed by atoms with Crippen LogP contribution in [0, 0.1) is 16.2 Å². The zero-order valence-corrected chi connectivity index (χ0v) is 40.8. The van der Waals surface area contributed by atoms with Gasteiger partial charge in [0.25, 0.3) is 0 Å². The number of nitrogens with two attached hydrogens (primary N) is 1. The summed E-state index contributed by atoms with van der Waals surface area (Å²) in [5.41, 5.74) is 4.75. The summed E-state index contributed by atoms with van der Waals surface area (Å²) in [6.07, 6.45) is -4.74. The fourth-order valence-electron chi connectivity index (χ4n) is 6.63. The molecule has 0 bridgehead atoms. The number of fused-ring (bicyclic) bond motifs is 1. The molecule has 0 spiro atoms. The predicted octanol–water partition coefficient (Wildman–Crippen LogP) is 2.07. The number of hydrogen-bond donors (Lipinski definition) is 10. The molecule has 380 valence electrons. The molecule has 7 unspecified atom stereocenters. The lowest BCUT2D eigenvalue weighted by atomic mass is 9.80. The van der Waals surface area contributed by atoms with E-state index in [1.165, 1.54) is 13.8 Å². The van der Waals surface area contributed by atoms with Crippen molar-refractivity contribution >= 4 is 64.0 Å². The largest absolute Gasteiger partial charge is 0.481 e. The molecule has 2 aromatic heterocycles. The number of phosphoric acid groups is 3. The number of carbonyl (C=O) groups is 4. The lowest BCUT2D eigenvalue weighted by molar-refractivity contribution is -0.147. The van der Waals surface area contributed by atoms with E-state index >= 15 is 0 Å². The number of aliphatic hydroxyl groups excluding tert-OH is 2. The van der Waals surface area contributed by atoms with E-state index in [1.54, 1.807) is 13.8 Å². The molecule has 1 saturated heterocycles. The van der Waals surface area contributed by atoms with Crippen LogP contribution in [0.4, 0.5) is 5.82 Å². The Bertz CT molecular complexity index is 2410. The van der Waals surface area contributed by atoms with Gasteiger partial charge in [0.05, 0.1) is 25.0 Å². The number of aliphatic hydroxyl groups is 2. The first kappa shape index (κ1) is 56.5. The number of Topliss-reactive ketones (excluding diaryl/α,β-unsaturated/α-hetero) is 1. The second-order valence-corrected chi connectivity index (χ2v) is 22.4. The van der Waals surface area contributed by atoms with Crippen LogP contribution in [0.15, 0.2) is 36.9 Å². The van der Waals surface area contributed by atoms with Crippen molar-refractivity contribution in [2.75, 3.05) is 32.0 Å². The van der Waals surface area contributed by atoms with Crippen LogP contribution < -0.4 is 16.4 Å². The average Bonchev–Trinajstić information content (AvgIpc) is 3.80. The Hall–Kier alpha value is -4.10. The highest BCUT2D eigenvalue weighted by atomic mass is 31.3. The maximum atomic E-state index is 13.0. The number of nitrogens with one attached hydrogen (secondary N) is 2. The topological polar surface area (TPSA) is 401 Å². The average molecular weight is 1020 g/mol. The molecule has 7 atom stereocenters. The van der Waals surface area contributed by atoms with Crippen LogP contribution in [-0.2, 0) is 68.3 Å². The second-order valence-electron chi connectivity index (χ2n) is 18.1. The van der Waals surface area contributed by atoms with Gasteiger partial charge in [-0.05, 0) is 50.7 Å². The molecule has 0 aliphatic carbocycles. The second kappa shape index (κ2) is 22.8. The van der Waals surface area contributed by atoms with Crippen molar-refractivity contribution in [1.29, 1.82) is 0 Å². The summed E-state index contributed by atoms with van der Waals surface area (Å²) in [5.74, 6) is -2.47. The van der Waals surface area contributed by atoms with Gasteiger partial charge >= 0.3 is 29.4 Å². The maximum Gasteiger partial charge on any atom is 0.481 e. The molecule has 3 heterocycles. The molecule has 1 aliphatic rings. The highest BCUT2D eigenvalue weighted by molar-refractivity contribution is 7.61. The number of aryl methyl sites for hydroxylation is 2. The standard InChI is InChI=1S/C39H60N7O19P3/c1-37(2,15-11-23-7-9-24(10-8-23)12-16-38(3,4)36(52)53)26(47)13-17-41-27(48)14-18-42-34(51)31(50)39(5,6)20-62-68(59,60)65-67(57,58)61-19-25-30(64-66(54,55)56)29(49)35(63-25)46-22-45-28-32(40)43-21-44-33(28)46/h7-10,21-22,25,29-31,35,49-50H,11-20H2,1-6H3,(H,41,48)(H,42,51)(H,52,53)(H,57,58)(H,59,60)(H2,40,43,44)(H2,54,55,56). The van der Waals surface area contributed by atoms with Crippen LogP contribution in [0.25, 0.3) is 11.2 Å². The summed E-state index contributed by atoms with van der Waals surface area (Å²) in [7, 11) is -16.5. The van der Waals surface area contributed by atoms with Crippen molar-refractivity contribution in [1.82, 2.24) is 30.2 Å². The summed E-state index contributed by atoms with van der Waals surface area (Å²) < 4.78 is 62.5. The lowest BCUT2D eigenvalue weighted by Crippen LogP contribution is -2.46. The van der Waals surface area contributed by atoms with E-state index in [0.29, 0.717) is 25.7 Å². The maximum absolute atomic E-state index is 13.0. The molecule has 0 saturated carbocycles. The molecule has 2 amide bonds. The quantitative estimate of drug-likeness (QED) is 0.0489. The number of ether oxygens (including phenoxy) is 1. The van der Waals surface area contributed by atoms with Gasteiger partial charge in [-0.15, -0.1) is 0 Å². The zero-order valence-electron chi connectivity index (χ0n) is 38.2. The van der Waals surface area contributed by atoms with Gasteiger partial charge in [-0.1, -0.05) is 52.0 Å². The molecule has 0 radical (unpaired) electrons. The third-order valence-corrected chi connectivity index (χ3v) is 14.3. The minimum atomic E-state index is -5.60. The molecule has 3 aromatic rings. The summed E-state index contributed by atoms with van der Waals surface area (Å²) in [5, 5.41) is 35.9. The predicted molar refractivity (Wildman–Crippen MR) is 238 cm³/mol. The first-order valence-corrected chi connectivity index (χ1v) is 25.6. The van der Waals surface area contributed by atoms with Crippen molar-refractivity contribution in [3.05, 3.63) is 48.0 Å². The number of amides is 2. The number of imidazole rings is 1. The third-order valence-electron chi connectivity index (χ3n) is 11.2. The Labute approximate surface area is 390 Å². The SMILES string of the molecule is CC(C)(CCc1ccc(CCC(C)(C)C(=O)CCNC(=O)CCNC(=O)C(O)C(C)(C)COP(=O)(O)OP(=O)(O)OCC2OC(n3cnc4c(N)ncnc43)C(O)C2OP(=O)(O)O)cc1)C(=O)O. The number of aromatic nitrogens is 4. The summed E-state index contributed by atoms with van der Waals surface area (Å²) in [6.45, 7) is 7.24. The van der Waals surface area contributed by atoms with Gasteiger partial charge in [0.1, 0.15) is 42.0 Å². The number of nitrogen functional groups attached to an aromatic ring is 1. The van der Waals surface area contributed by atoms with Gasteiger partial charge in [0.2, 0.25) is 11.8 Å². The molecular weight excluding hydrogens is 963 g/mol. The highest BCUT2D eigenvalue weighted by Crippen LogP contribution is 2.61. The summed E-state index contributed by atoms with van der Waals surface area (Å²) >= 11 is 0. The Kier molecular flexibility index (Phi) is 18.9. The van der Waals surface area contributed by atoms with Gasteiger partial charge in [-0.3, -0.25) is 37.3 Å². The number of aliphatic carboxylic acids is 1. The molecular formula is C39H60N7O19P3. The number of carboxylic acid groups (broad SMARTS) is 1. The van der Waals surface area contributed by atoms with E-state index in [4.69, 9.17) is 19.5 Å². The first-order valence-electron chi connectivity index (χ1n) is 21.1. The van der Waals surface area contributed by atoms with Crippen molar-refractivity contribution < 1.29 is 90.4 Å². The monoisotopic (exact) mass is 1020 g/mol. The van der Waals surface area contributed by atoms with Gasteiger partial charge in [-0.25, -0.2) is 28.6 Å². The number of hydrogen-bond acceptors (Lipinski definition) is 18. The van der Waals surface area contributed by atoms with E-state index in [-0.39, 0.29) is 48.7 Å². The Morgan fingerprint density at radius 2 is 1.43 bits per heavy atom. The smallest absolute Gasteiger partial charge is 0.481 e. The Balaban J connectivity index is 1.18. The number of nitrogens with zero attached hydrogens (tertiary/aromatic N) is 4. The van der Waals surface area contributed by atoms with Gasteiger partial charge in [-0.2, -0.15) is 4.31 Å². The normalized spacial score (nSPS) is 20.4. The zero-order chi connectivity index (χ0) is 51.0. The molecule has 11 N–H and O–H groups in total. The van der Waals surface area contributed by atoms with Gasteiger partial charge in [0, 0.05) is 36.8 Å². The van der Waals surface area contributed by atoms with Crippen molar-refractivity contribution in [2.45, 2.75) is 111 Å². The fraction of sp³-hybridized carbons (Fsp3) is 0.615. The molecule has 1 fully saturated rings. The van der Waals surface area contributed by atoms with Crippen molar-refractivity contribution in [3.63, 3.8) is 0 Å².